The molecule has 0 radical (unpaired) electrons. The Hall–Kier alpha value is -0.530. The molecule has 130 valence electrons. The van der Waals surface area contributed by atoms with Gasteiger partial charge in [-0.05, 0) is 80.5 Å². The Bertz CT molecular complexity index is 472. The summed E-state index contributed by atoms with van der Waals surface area (Å²) in [5, 5.41) is 0. The Labute approximate surface area is 141 Å². The molecule has 4 aliphatic rings. The highest BCUT2D eigenvalue weighted by Crippen LogP contribution is 2.66. The number of ether oxygens (including phenoxy) is 1. The summed E-state index contributed by atoms with van der Waals surface area (Å²) >= 11 is 0. The molecule has 2 heteroatoms. The first-order chi connectivity index (χ1) is 11.1. The van der Waals surface area contributed by atoms with Crippen LogP contribution in [-0.2, 0) is 9.53 Å². The van der Waals surface area contributed by atoms with Crippen LogP contribution in [0.5, 0.6) is 0 Å². The molecule has 4 aliphatic carbocycles. The van der Waals surface area contributed by atoms with Crippen molar-refractivity contribution >= 4 is 5.97 Å². The molecule has 0 aromatic heterocycles. The zero-order valence-electron chi connectivity index (χ0n) is 15.1. The van der Waals surface area contributed by atoms with Gasteiger partial charge >= 0.3 is 5.97 Å². The fourth-order valence-electron chi connectivity index (χ4n) is 7.59. The van der Waals surface area contributed by atoms with Crippen molar-refractivity contribution < 1.29 is 9.53 Å². The average Bonchev–Trinajstić information content (AvgIpc) is 2.97. The van der Waals surface area contributed by atoms with Crippen molar-refractivity contribution in [2.75, 3.05) is 6.61 Å². The zero-order valence-corrected chi connectivity index (χ0v) is 15.1. The molecule has 23 heavy (non-hydrogen) atoms. The van der Waals surface area contributed by atoms with Crippen LogP contribution in [0.15, 0.2) is 0 Å². The Morgan fingerprint density at radius 1 is 0.957 bits per heavy atom. The molecule has 0 heterocycles. The van der Waals surface area contributed by atoms with Crippen LogP contribution in [0.3, 0.4) is 0 Å². The van der Waals surface area contributed by atoms with Crippen molar-refractivity contribution in [2.45, 2.75) is 84.5 Å². The van der Waals surface area contributed by atoms with E-state index >= 15 is 0 Å². The van der Waals surface area contributed by atoms with E-state index in [0.29, 0.717) is 17.4 Å². The van der Waals surface area contributed by atoms with E-state index in [9.17, 15) is 4.79 Å². The fraction of sp³-hybridized carbons (Fsp3) is 0.952. The van der Waals surface area contributed by atoms with E-state index in [0.717, 1.165) is 23.7 Å². The number of carbonyl (C=O) groups is 1. The van der Waals surface area contributed by atoms with Crippen LogP contribution in [0, 0.1) is 34.5 Å². The van der Waals surface area contributed by atoms with Crippen molar-refractivity contribution in [3.8, 4) is 0 Å². The Morgan fingerprint density at radius 2 is 1.83 bits per heavy atom. The zero-order chi connectivity index (χ0) is 16.1. The first-order valence-corrected chi connectivity index (χ1v) is 10.2. The van der Waals surface area contributed by atoms with E-state index in [1.54, 1.807) is 6.92 Å². The third-order valence-electron chi connectivity index (χ3n) is 8.67. The SMILES string of the molecule is CC(=O)OC[C@@]12CCC[C@H]1[C@@H]1CC[C@H]3CCCC[C@]3(C)[C@H]1CC2. The van der Waals surface area contributed by atoms with Gasteiger partial charge < -0.3 is 4.74 Å². The van der Waals surface area contributed by atoms with Crippen molar-refractivity contribution in [3.63, 3.8) is 0 Å². The maximum atomic E-state index is 11.4. The highest BCUT2D eigenvalue weighted by molar-refractivity contribution is 5.65. The Morgan fingerprint density at radius 3 is 2.65 bits per heavy atom. The molecule has 0 N–H and O–H groups in total. The maximum absolute atomic E-state index is 11.4. The average molecular weight is 319 g/mol. The lowest BCUT2D eigenvalue weighted by Crippen LogP contribution is -2.53. The highest BCUT2D eigenvalue weighted by Gasteiger charge is 2.58. The van der Waals surface area contributed by atoms with Gasteiger partial charge in [0.2, 0.25) is 0 Å². The van der Waals surface area contributed by atoms with Gasteiger partial charge in [0.25, 0.3) is 0 Å². The molecule has 0 amide bonds. The van der Waals surface area contributed by atoms with Crippen LogP contribution in [0.4, 0.5) is 0 Å². The Balaban J connectivity index is 1.57. The second-order valence-electron chi connectivity index (χ2n) is 9.48. The van der Waals surface area contributed by atoms with E-state index in [4.69, 9.17) is 4.74 Å². The van der Waals surface area contributed by atoms with Crippen LogP contribution < -0.4 is 0 Å². The molecule has 0 saturated heterocycles. The van der Waals surface area contributed by atoms with E-state index in [1.165, 1.54) is 70.6 Å². The first kappa shape index (κ1) is 16.0. The van der Waals surface area contributed by atoms with Gasteiger partial charge in [-0.25, -0.2) is 0 Å². The van der Waals surface area contributed by atoms with Gasteiger partial charge in [0.1, 0.15) is 0 Å². The van der Waals surface area contributed by atoms with Gasteiger partial charge in [0.15, 0.2) is 0 Å². The lowest BCUT2D eigenvalue weighted by molar-refractivity contribution is -0.154. The smallest absolute Gasteiger partial charge is 0.302 e. The van der Waals surface area contributed by atoms with Gasteiger partial charge in [0, 0.05) is 12.3 Å². The number of rotatable bonds is 2. The second kappa shape index (κ2) is 5.77. The van der Waals surface area contributed by atoms with E-state index in [1.807, 2.05) is 0 Å². The monoisotopic (exact) mass is 318 g/mol. The van der Waals surface area contributed by atoms with E-state index < -0.39 is 0 Å². The molecule has 2 nitrogen and oxygen atoms in total. The van der Waals surface area contributed by atoms with Crippen molar-refractivity contribution in [1.29, 1.82) is 0 Å². The van der Waals surface area contributed by atoms with Gasteiger partial charge in [-0.15, -0.1) is 0 Å². The molecular formula is C21H34O2. The summed E-state index contributed by atoms with van der Waals surface area (Å²) in [5.74, 6) is 3.62. The standard InChI is InChI=1S/C21H34O2/c1-15(22)23-14-21-12-5-7-19(21)17-9-8-16-6-3-4-11-20(16,2)18(17)10-13-21/h16-19H,3-14H2,1-2H3/t16-,17-,18+,19+,20+,21+/m1/s1. The summed E-state index contributed by atoms with van der Waals surface area (Å²) in [4.78, 5) is 11.4. The summed E-state index contributed by atoms with van der Waals surface area (Å²) in [7, 11) is 0. The minimum absolute atomic E-state index is 0.0879. The van der Waals surface area contributed by atoms with E-state index in [-0.39, 0.29) is 5.97 Å². The van der Waals surface area contributed by atoms with Crippen LogP contribution >= 0.6 is 0 Å². The topological polar surface area (TPSA) is 26.3 Å². The van der Waals surface area contributed by atoms with Crippen LogP contribution in [-0.4, -0.2) is 12.6 Å². The first-order valence-electron chi connectivity index (χ1n) is 10.2. The number of esters is 1. The molecule has 0 aromatic rings. The molecule has 0 unspecified atom stereocenters. The third-order valence-corrected chi connectivity index (χ3v) is 8.67. The predicted molar refractivity (Wildman–Crippen MR) is 91.9 cm³/mol. The Kier molecular flexibility index (Phi) is 4.01. The van der Waals surface area contributed by atoms with Crippen LogP contribution in [0.1, 0.15) is 84.5 Å². The van der Waals surface area contributed by atoms with Crippen LogP contribution in [0.2, 0.25) is 0 Å². The van der Waals surface area contributed by atoms with Gasteiger partial charge in [-0.1, -0.05) is 26.2 Å². The molecule has 6 atom stereocenters. The number of hydrogen-bond donors (Lipinski definition) is 0. The van der Waals surface area contributed by atoms with Crippen LogP contribution in [0.25, 0.3) is 0 Å². The van der Waals surface area contributed by atoms with Gasteiger partial charge in [-0.2, -0.15) is 0 Å². The highest BCUT2D eigenvalue weighted by atomic mass is 16.5. The molecule has 0 aliphatic heterocycles. The normalized spacial score (nSPS) is 49.0. The largest absolute Gasteiger partial charge is 0.465 e. The number of hydrogen-bond acceptors (Lipinski definition) is 2. The lowest BCUT2D eigenvalue weighted by Gasteiger charge is -2.60. The van der Waals surface area contributed by atoms with E-state index in [2.05, 4.69) is 6.92 Å². The summed E-state index contributed by atoms with van der Waals surface area (Å²) in [6.07, 6.45) is 15.6. The second-order valence-corrected chi connectivity index (χ2v) is 9.48. The molecule has 0 aromatic carbocycles. The van der Waals surface area contributed by atoms with Gasteiger partial charge in [0.05, 0.1) is 6.61 Å². The molecule has 0 spiro atoms. The summed E-state index contributed by atoms with van der Waals surface area (Å²) in [5.41, 5.74) is 0.960. The van der Waals surface area contributed by atoms with Crippen molar-refractivity contribution in [2.24, 2.45) is 34.5 Å². The van der Waals surface area contributed by atoms with Crippen molar-refractivity contribution in [3.05, 3.63) is 0 Å². The quantitative estimate of drug-likeness (QED) is 0.641. The number of fused-ring (bicyclic) bond motifs is 5. The molecular weight excluding hydrogens is 284 g/mol. The predicted octanol–water partition coefficient (Wildman–Crippen LogP) is 5.35. The maximum Gasteiger partial charge on any atom is 0.302 e. The molecule has 4 fully saturated rings. The van der Waals surface area contributed by atoms with Crippen molar-refractivity contribution in [1.82, 2.24) is 0 Å². The molecule has 4 rings (SSSR count). The molecule has 0 bridgehead atoms. The lowest BCUT2D eigenvalue weighted by atomic mass is 9.45. The third kappa shape index (κ3) is 2.46. The summed E-state index contributed by atoms with van der Waals surface area (Å²) in [6.45, 7) is 4.92. The minimum atomic E-state index is -0.0879. The van der Waals surface area contributed by atoms with Gasteiger partial charge in [-0.3, -0.25) is 4.79 Å². The summed E-state index contributed by atoms with van der Waals surface area (Å²) < 4.78 is 5.56. The molecule has 4 saturated carbocycles. The number of carbonyl (C=O) groups excluding carboxylic acids is 1. The fourth-order valence-corrected chi connectivity index (χ4v) is 7.59. The minimum Gasteiger partial charge on any atom is -0.465 e. The summed E-state index contributed by atoms with van der Waals surface area (Å²) in [6, 6.07) is 0.